The maximum atomic E-state index is 13.3. The van der Waals surface area contributed by atoms with E-state index in [1.165, 1.54) is 12.1 Å². The van der Waals surface area contributed by atoms with Crippen molar-refractivity contribution in [1.82, 2.24) is 5.32 Å². The fourth-order valence-electron chi connectivity index (χ4n) is 1.75. The van der Waals surface area contributed by atoms with Gasteiger partial charge in [0.25, 0.3) is 5.91 Å². The van der Waals surface area contributed by atoms with Crippen molar-refractivity contribution in [2.45, 2.75) is 18.9 Å². The van der Waals surface area contributed by atoms with E-state index < -0.39 is 5.82 Å². The van der Waals surface area contributed by atoms with Gasteiger partial charge in [-0.1, -0.05) is 12.1 Å². The minimum atomic E-state index is -0.498. The van der Waals surface area contributed by atoms with E-state index in [0.29, 0.717) is 13.2 Å². The standard InChI is InChI=1S/C12H14FNO2/c1-12(6-7-16-8-12)14-11(15)9-4-2-3-5-10(9)13/h2-5H,6-8H2,1H3,(H,14,15). The van der Waals surface area contributed by atoms with Gasteiger partial charge in [-0.05, 0) is 25.5 Å². The maximum absolute atomic E-state index is 13.3. The van der Waals surface area contributed by atoms with E-state index in [2.05, 4.69) is 5.32 Å². The lowest BCUT2D eigenvalue weighted by atomic mass is 10.0. The van der Waals surface area contributed by atoms with Crippen molar-refractivity contribution in [2.24, 2.45) is 0 Å². The molecule has 1 amide bonds. The summed E-state index contributed by atoms with van der Waals surface area (Å²) in [4.78, 5) is 11.8. The predicted molar refractivity (Wildman–Crippen MR) is 57.7 cm³/mol. The van der Waals surface area contributed by atoms with Crippen LogP contribution in [0, 0.1) is 5.82 Å². The minimum absolute atomic E-state index is 0.0793. The maximum Gasteiger partial charge on any atom is 0.254 e. The highest BCUT2D eigenvalue weighted by atomic mass is 19.1. The zero-order valence-electron chi connectivity index (χ0n) is 9.13. The molecule has 1 aromatic rings. The van der Waals surface area contributed by atoms with E-state index in [9.17, 15) is 9.18 Å². The van der Waals surface area contributed by atoms with Crippen LogP contribution in [0.4, 0.5) is 4.39 Å². The van der Waals surface area contributed by atoms with E-state index >= 15 is 0 Å². The molecule has 2 rings (SSSR count). The number of carbonyl (C=O) groups excluding carboxylic acids is 1. The van der Waals surface area contributed by atoms with E-state index in [-0.39, 0.29) is 17.0 Å². The predicted octanol–water partition coefficient (Wildman–Crippen LogP) is 1.73. The van der Waals surface area contributed by atoms with Crippen LogP contribution in [0.3, 0.4) is 0 Å². The molecular formula is C12H14FNO2. The first-order chi connectivity index (χ1) is 7.61. The Kier molecular flexibility index (Phi) is 2.92. The largest absolute Gasteiger partial charge is 0.379 e. The molecule has 4 heteroatoms. The molecule has 1 aliphatic heterocycles. The van der Waals surface area contributed by atoms with E-state index in [0.717, 1.165) is 6.42 Å². The number of halogens is 1. The average Bonchev–Trinajstić information content (AvgIpc) is 2.65. The van der Waals surface area contributed by atoms with Gasteiger partial charge in [0.05, 0.1) is 17.7 Å². The summed E-state index contributed by atoms with van der Waals surface area (Å²) in [5, 5.41) is 2.81. The van der Waals surface area contributed by atoms with Crippen molar-refractivity contribution in [3.05, 3.63) is 35.6 Å². The molecule has 0 spiro atoms. The van der Waals surface area contributed by atoms with Crippen LogP contribution >= 0.6 is 0 Å². The minimum Gasteiger partial charge on any atom is -0.379 e. The van der Waals surface area contributed by atoms with Gasteiger partial charge in [-0.15, -0.1) is 0 Å². The van der Waals surface area contributed by atoms with Gasteiger partial charge in [-0.2, -0.15) is 0 Å². The lowest BCUT2D eigenvalue weighted by Crippen LogP contribution is -2.46. The average molecular weight is 223 g/mol. The summed E-state index contributed by atoms with van der Waals surface area (Å²) in [6, 6.07) is 5.96. The van der Waals surface area contributed by atoms with Crippen molar-refractivity contribution in [1.29, 1.82) is 0 Å². The molecule has 0 aromatic heterocycles. The summed E-state index contributed by atoms with van der Waals surface area (Å²) in [5.74, 6) is -0.881. The van der Waals surface area contributed by atoms with Gasteiger partial charge in [-0.25, -0.2) is 4.39 Å². The Morgan fingerprint density at radius 3 is 2.88 bits per heavy atom. The smallest absolute Gasteiger partial charge is 0.254 e. The summed E-state index contributed by atoms with van der Waals surface area (Å²) in [5.41, 5.74) is -0.296. The molecule has 1 unspecified atom stereocenters. The van der Waals surface area contributed by atoms with Gasteiger partial charge in [0.1, 0.15) is 5.82 Å². The Bertz CT molecular complexity index is 400. The van der Waals surface area contributed by atoms with Gasteiger partial charge in [-0.3, -0.25) is 4.79 Å². The Morgan fingerprint density at radius 2 is 2.25 bits per heavy atom. The summed E-state index contributed by atoms with van der Waals surface area (Å²) >= 11 is 0. The first-order valence-corrected chi connectivity index (χ1v) is 5.25. The van der Waals surface area contributed by atoms with Crippen molar-refractivity contribution >= 4 is 5.91 Å². The number of benzene rings is 1. The lowest BCUT2D eigenvalue weighted by molar-refractivity contribution is 0.0886. The number of carbonyl (C=O) groups is 1. The quantitative estimate of drug-likeness (QED) is 0.829. The third-order valence-electron chi connectivity index (χ3n) is 2.75. The number of hydrogen-bond donors (Lipinski definition) is 1. The molecule has 16 heavy (non-hydrogen) atoms. The van der Waals surface area contributed by atoms with Gasteiger partial charge in [0.15, 0.2) is 0 Å². The molecule has 1 aliphatic rings. The highest BCUT2D eigenvalue weighted by Crippen LogP contribution is 2.18. The molecule has 0 aliphatic carbocycles. The molecule has 1 N–H and O–H groups in total. The van der Waals surface area contributed by atoms with Crippen LogP contribution < -0.4 is 5.32 Å². The summed E-state index contributed by atoms with van der Waals surface area (Å²) < 4.78 is 18.6. The molecule has 3 nitrogen and oxygen atoms in total. The van der Waals surface area contributed by atoms with Crippen LogP contribution in [0.2, 0.25) is 0 Å². The fourth-order valence-corrected chi connectivity index (χ4v) is 1.75. The van der Waals surface area contributed by atoms with Crippen LogP contribution in [0.1, 0.15) is 23.7 Å². The third kappa shape index (κ3) is 2.22. The molecule has 1 saturated heterocycles. The Balaban J connectivity index is 2.11. The Hall–Kier alpha value is -1.42. The van der Waals surface area contributed by atoms with Crippen LogP contribution in [0.25, 0.3) is 0 Å². The number of ether oxygens (including phenoxy) is 1. The molecule has 86 valence electrons. The molecule has 0 saturated carbocycles. The molecule has 1 fully saturated rings. The topological polar surface area (TPSA) is 38.3 Å². The van der Waals surface area contributed by atoms with E-state index in [4.69, 9.17) is 4.74 Å². The van der Waals surface area contributed by atoms with Gasteiger partial charge in [0.2, 0.25) is 0 Å². The Morgan fingerprint density at radius 1 is 1.50 bits per heavy atom. The van der Waals surface area contributed by atoms with Crippen molar-refractivity contribution in [3.8, 4) is 0 Å². The second kappa shape index (κ2) is 4.22. The van der Waals surface area contributed by atoms with Gasteiger partial charge >= 0.3 is 0 Å². The SMILES string of the molecule is CC1(NC(=O)c2ccccc2F)CCOC1. The second-order valence-corrected chi connectivity index (χ2v) is 4.30. The van der Waals surface area contributed by atoms with Crippen LogP contribution in [-0.4, -0.2) is 24.7 Å². The molecule has 1 aromatic carbocycles. The van der Waals surface area contributed by atoms with E-state index in [1.807, 2.05) is 6.92 Å². The van der Waals surface area contributed by atoms with E-state index in [1.54, 1.807) is 12.1 Å². The van der Waals surface area contributed by atoms with Crippen LogP contribution in [-0.2, 0) is 4.74 Å². The molecule has 0 bridgehead atoms. The number of amides is 1. The third-order valence-corrected chi connectivity index (χ3v) is 2.75. The first-order valence-electron chi connectivity index (χ1n) is 5.25. The molecule has 0 radical (unpaired) electrons. The zero-order valence-corrected chi connectivity index (χ0v) is 9.13. The zero-order chi connectivity index (χ0) is 11.6. The number of hydrogen-bond acceptors (Lipinski definition) is 2. The summed E-state index contributed by atoms with van der Waals surface area (Å²) in [6.07, 6.45) is 0.757. The summed E-state index contributed by atoms with van der Waals surface area (Å²) in [7, 11) is 0. The molecule has 1 heterocycles. The number of nitrogens with one attached hydrogen (secondary N) is 1. The summed E-state index contributed by atoms with van der Waals surface area (Å²) in [6.45, 7) is 3.01. The van der Waals surface area contributed by atoms with Crippen molar-refractivity contribution in [2.75, 3.05) is 13.2 Å². The number of rotatable bonds is 2. The van der Waals surface area contributed by atoms with Gasteiger partial charge in [0, 0.05) is 6.61 Å². The second-order valence-electron chi connectivity index (χ2n) is 4.30. The fraction of sp³-hybridized carbons (Fsp3) is 0.417. The van der Waals surface area contributed by atoms with Crippen LogP contribution in [0.5, 0.6) is 0 Å². The monoisotopic (exact) mass is 223 g/mol. The first kappa shape index (κ1) is 11.1. The normalized spacial score (nSPS) is 24.4. The highest BCUT2D eigenvalue weighted by Gasteiger charge is 2.31. The van der Waals surface area contributed by atoms with Crippen molar-refractivity contribution < 1.29 is 13.9 Å². The van der Waals surface area contributed by atoms with Crippen LogP contribution in [0.15, 0.2) is 24.3 Å². The Labute approximate surface area is 93.6 Å². The van der Waals surface area contributed by atoms with Gasteiger partial charge < -0.3 is 10.1 Å². The lowest BCUT2D eigenvalue weighted by Gasteiger charge is -2.23. The molecule has 1 atom stereocenters. The highest BCUT2D eigenvalue weighted by molar-refractivity contribution is 5.94. The van der Waals surface area contributed by atoms with Crippen molar-refractivity contribution in [3.63, 3.8) is 0 Å². The molecular weight excluding hydrogens is 209 g/mol.